The molecule has 2 aromatic carbocycles. The summed E-state index contributed by atoms with van der Waals surface area (Å²) < 4.78 is 5.50. The van der Waals surface area contributed by atoms with Crippen molar-refractivity contribution in [3.05, 3.63) is 65.7 Å². The van der Waals surface area contributed by atoms with E-state index in [-0.39, 0.29) is 11.9 Å². The van der Waals surface area contributed by atoms with Gasteiger partial charge in [0.25, 0.3) is 0 Å². The first-order valence-electron chi connectivity index (χ1n) is 8.84. The molecule has 1 atom stereocenters. The van der Waals surface area contributed by atoms with Gasteiger partial charge in [-0.15, -0.1) is 0 Å². The number of amides is 1. The van der Waals surface area contributed by atoms with Gasteiger partial charge in [-0.1, -0.05) is 42.5 Å². The van der Waals surface area contributed by atoms with Gasteiger partial charge in [-0.2, -0.15) is 0 Å². The number of ether oxygens (including phenoxy) is 1. The van der Waals surface area contributed by atoms with E-state index < -0.39 is 0 Å². The van der Waals surface area contributed by atoms with Crippen molar-refractivity contribution in [3.63, 3.8) is 0 Å². The lowest BCUT2D eigenvalue weighted by Gasteiger charge is -2.25. The Labute approximate surface area is 144 Å². The van der Waals surface area contributed by atoms with Crippen LogP contribution in [0.4, 0.5) is 0 Å². The van der Waals surface area contributed by atoms with Crippen LogP contribution in [0.5, 0.6) is 5.75 Å². The van der Waals surface area contributed by atoms with Crippen LogP contribution in [0.15, 0.2) is 54.6 Å². The number of carbonyl (C=O) groups is 1. The molecule has 1 unspecified atom stereocenters. The number of aryl methyl sites for hydroxylation is 1. The van der Waals surface area contributed by atoms with Crippen LogP contribution in [-0.4, -0.2) is 24.0 Å². The Morgan fingerprint density at radius 3 is 2.58 bits per heavy atom. The first kappa shape index (κ1) is 16.6. The number of hydrogen-bond donors (Lipinski definition) is 0. The van der Waals surface area contributed by atoms with Gasteiger partial charge in [0.1, 0.15) is 5.75 Å². The summed E-state index contributed by atoms with van der Waals surface area (Å²) in [6.07, 6.45) is 3.52. The van der Waals surface area contributed by atoms with Gasteiger partial charge in [-0.05, 0) is 49.4 Å². The number of rotatable bonds is 6. The minimum Gasteiger partial charge on any atom is -0.494 e. The lowest BCUT2D eigenvalue weighted by molar-refractivity contribution is -0.132. The fourth-order valence-electron chi connectivity index (χ4n) is 3.40. The summed E-state index contributed by atoms with van der Waals surface area (Å²) in [6.45, 7) is 3.52. The molecular formula is C21H25NO2. The van der Waals surface area contributed by atoms with E-state index in [4.69, 9.17) is 4.74 Å². The Morgan fingerprint density at radius 2 is 1.88 bits per heavy atom. The standard InChI is InChI=1S/C21H25NO2/c1-2-24-19-13-11-18(12-14-19)20-9-6-16-22(20)21(23)15-10-17-7-4-3-5-8-17/h3-5,7-8,11-14,20H,2,6,9-10,15-16H2,1H3. The van der Waals surface area contributed by atoms with Gasteiger partial charge >= 0.3 is 0 Å². The van der Waals surface area contributed by atoms with Crippen LogP contribution in [0, 0.1) is 0 Å². The average Bonchev–Trinajstić information content (AvgIpc) is 3.11. The highest BCUT2D eigenvalue weighted by molar-refractivity contribution is 5.77. The summed E-state index contributed by atoms with van der Waals surface area (Å²) in [6, 6.07) is 18.6. The van der Waals surface area contributed by atoms with E-state index in [0.717, 1.165) is 31.6 Å². The number of hydrogen-bond acceptors (Lipinski definition) is 2. The predicted octanol–water partition coefficient (Wildman–Crippen LogP) is 4.38. The molecule has 0 saturated carbocycles. The number of carbonyl (C=O) groups excluding carboxylic acids is 1. The topological polar surface area (TPSA) is 29.5 Å². The third-order valence-electron chi connectivity index (χ3n) is 4.62. The van der Waals surface area contributed by atoms with Gasteiger partial charge in [-0.25, -0.2) is 0 Å². The second-order valence-corrected chi connectivity index (χ2v) is 6.23. The summed E-state index contributed by atoms with van der Waals surface area (Å²) in [5, 5.41) is 0. The van der Waals surface area contributed by atoms with Crippen LogP contribution in [0.3, 0.4) is 0 Å². The Hall–Kier alpha value is -2.29. The molecule has 0 radical (unpaired) electrons. The van der Waals surface area contributed by atoms with Gasteiger partial charge < -0.3 is 9.64 Å². The van der Waals surface area contributed by atoms with Crippen molar-refractivity contribution in [1.29, 1.82) is 0 Å². The molecule has 126 valence electrons. The van der Waals surface area contributed by atoms with Crippen molar-refractivity contribution in [3.8, 4) is 5.75 Å². The Kier molecular flexibility index (Phi) is 5.52. The first-order chi connectivity index (χ1) is 11.8. The molecule has 0 aliphatic carbocycles. The minimum atomic E-state index is 0.212. The van der Waals surface area contributed by atoms with Crippen LogP contribution in [0.25, 0.3) is 0 Å². The molecule has 1 fully saturated rings. The maximum absolute atomic E-state index is 12.7. The molecule has 1 saturated heterocycles. The van der Waals surface area contributed by atoms with Gasteiger partial charge in [0.15, 0.2) is 0 Å². The van der Waals surface area contributed by atoms with Crippen molar-refractivity contribution in [1.82, 2.24) is 4.90 Å². The molecule has 0 aromatic heterocycles. The molecular weight excluding hydrogens is 298 g/mol. The first-order valence-corrected chi connectivity index (χ1v) is 8.84. The molecule has 1 amide bonds. The molecule has 3 rings (SSSR count). The van der Waals surface area contributed by atoms with E-state index in [1.54, 1.807) is 0 Å². The van der Waals surface area contributed by atoms with Crippen molar-refractivity contribution >= 4 is 5.91 Å². The minimum absolute atomic E-state index is 0.212. The quantitative estimate of drug-likeness (QED) is 0.789. The number of likely N-dealkylation sites (tertiary alicyclic amines) is 1. The fourth-order valence-corrected chi connectivity index (χ4v) is 3.40. The second-order valence-electron chi connectivity index (χ2n) is 6.23. The van der Waals surface area contributed by atoms with Gasteiger partial charge in [-0.3, -0.25) is 4.79 Å². The largest absolute Gasteiger partial charge is 0.494 e. The van der Waals surface area contributed by atoms with E-state index in [1.165, 1.54) is 11.1 Å². The van der Waals surface area contributed by atoms with Crippen LogP contribution >= 0.6 is 0 Å². The monoisotopic (exact) mass is 323 g/mol. The number of nitrogens with zero attached hydrogens (tertiary/aromatic N) is 1. The van der Waals surface area contributed by atoms with Crippen LogP contribution in [-0.2, 0) is 11.2 Å². The zero-order chi connectivity index (χ0) is 16.8. The zero-order valence-corrected chi connectivity index (χ0v) is 14.3. The molecule has 0 N–H and O–H groups in total. The van der Waals surface area contributed by atoms with E-state index in [0.29, 0.717) is 13.0 Å². The molecule has 24 heavy (non-hydrogen) atoms. The molecule has 1 aliphatic rings. The zero-order valence-electron chi connectivity index (χ0n) is 14.3. The summed E-state index contributed by atoms with van der Waals surface area (Å²) in [5.74, 6) is 1.15. The van der Waals surface area contributed by atoms with Gasteiger partial charge in [0.2, 0.25) is 5.91 Å². The van der Waals surface area contributed by atoms with Crippen molar-refractivity contribution in [2.45, 2.75) is 38.6 Å². The molecule has 1 aliphatic heterocycles. The van der Waals surface area contributed by atoms with Gasteiger partial charge in [0.05, 0.1) is 12.6 Å². The maximum atomic E-state index is 12.7. The van der Waals surface area contributed by atoms with Crippen molar-refractivity contribution in [2.24, 2.45) is 0 Å². The SMILES string of the molecule is CCOc1ccc(C2CCCN2C(=O)CCc2ccccc2)cc1. The average molecular weight is 323 g/mol. The van der Waals surface area contributed by atoms with E-state index in [1.807, 2.05) is 37.3 Å². The molecule has 0 bridgehead atoms. The number of benzene rings is 2. The molecule has 1 heterocycles. The van der Waals surface area contributed by atoms with Gasteiger partial charge in [0, 0.05) is 13.0 Å². The normalized spacial score (nSPS) is 17.0. The smallest absolute Gasteiger partial charge is 0.223 e. The van der Waals surface area contributed by atoms with E-state index in [2.05, 4.69) is 29.2 Å². The predicted molar refractivity (Wildman–Crippen MR) is 96.1 cm³/mol. The highest BCUT2D eigenvalue weighted by atomic mass is 16.5. The lowest BCUT2D eigenvalue weighted by atomic mass is 10.0. The highest BCUT2D eigenvalue weighted by Gasteiger charge is 2.29. The molecule has 0 spiro atoms. The summed E-state index contributed by atoms with van der Waals surface area (Å²) in [7, 11) is 0. The third kappa shape index (κ3) is 3.97. The maximum Gasteiger partial charge on any atom is 0.223 e. The summed E-state index contributed by atoms with van der Waals surface area (Å²) in [5.41, 5.74) is 2.44. The van der Waals surface area contributed by atoms with E-state index >= 15 is 0 Å². The Bertz CT molecular complexity index is 651. The Morgan fingerprint density at radius 1 is 1.12 bits per heavy atom. The van der Waals surface area contributed by atoms with Crippen molar-refractivity contribution < 1.29 is 9.53 Å². The molecule has 3 heteroatoms. The summed E-state index contributed by atoms with van der Waals surface area (Å²) in [4.78, 5) is 14.7. The summed E-state index contributed by atoms with van der Waals surface area (Å²) >= 11 is 0. The molecule has 3 nitrogen and oxygen atoms in total. The van der Waals surface area contributed by atoms with Crippen LogP contribution in [0.2, 0.25) is 0 Å². The molecule has 2 aromatic rings. The third-order valence-corrected chi connectivity index (χ3v) is 4.62. The fraction of sp³-hybridized carbons (Fsp3) is 0.381. The lowest BCUT2D eigenvalue weighted by Crippen LogP contribution is -2.30. The Balaban J connectivity index is 1.63. The highest BCUT2D eigenvalue weighted by Crippen LogP contribution is 2.33. The van der Waals surface area contributed by atoms with E-state index in [9.17, 15) is 4.79 Å². The van der Waals surface area contributed by atoms with Crippen molar-refractivity contribution in [2.75, 3.05) is 13.2 Å². The van der Waals surface area contributed by atoms with Crippen LogP contribution < -0.4 is 4.74 Å². The van der Waals surface area contributed by atoms with Crippen LogP contribution in [0.1, 0.15) is 43.4 Å². The second kappa shape index (κ2) is 8.00.